The summed E-state index contributed by atoms with van der Waals surface area (Å²) in [4.78, 5) is 23.0. The van der Waals surface area contributed by atoms with Crippen LogP contribution in [-0.2, 0) is 0 Å². The lowest BCUT2D eigenvalue weighted by Crippen LogP contribution is -2.20. The Balaban J connectivity index is 2.19. The number of hydrogen-bond acceptors (Lipinski definition) is 3. The number of amides is 1. The van der Waals surface area contributed by atoms with Gasteiger partial charge in [-0.05, 0) is 25.1 Å². The van der Waals surface area contributed by atoms with Gasteiger partial charge in [-0.15, -0.1) is 0 Å². The predicted octanol–water partition coefficient (Wildman–Crippen LogP) is 2.54. The molecule has 2 aromatic carbocycles. The Bertz CT molecular complexity index is 694. The fourth-order valence-corrected chi connectivity index (χ4v) is 1.83. The molecule has 5 nitrogen and oxygen atoms in total. The van der Waals surface area contributed by atoms with Gasteiger partial charge in [0, 0.05) is 11.1 Å². The van der Waals surface area contributed by atoms with E-state index in [2.05, 4.69) is 10.5 Å². The van der Waals surface area contributed by atoms with Crippen molar-refractivity contribution in [2.24, 2.45) is 5.10 Å². The first-order chi connectivity index (χ1) is 10.1. The molecule has 2 N–H and O–H groups in total. The maximum atomic E-state index is 11.9. The number of hydrogen-bond donors (Lipinski definition) is 2. The molecule has 0 aliphatic carbocycles. The minimum atomic E-state index is -1.03. The summed E-state index contributed by atoms with van der Waals surface area (Å²) in [6.45, 7) is 1.65. The number of nitrogens with zero attached hydrogens (tertiary/aromatic N) is 1. The van der Waals surface area contributed by atoms with E-state index in [0.29, 0.717) is 16.8 Å². The number of carboxylic acids is 1. The zero-order valence-corrected chi connectivity index (χ0v) is 11.4. The summed E-state index contributed by atoms with van der Waals surface area (Å²) in [6.07, 6.45) is 0. The molecule has 106 valence electrons. The van der Waals surface area contributed by atoms with Crippen LogP contribution in [0.2, 0.25) is 0 Å². The van der Waals surface area contributed by atoms with Crippen molar-refractivity contribution in [3.8, 4) is 0 Å². The van der Waals surface area contributed by atoms with Gasteiger partial charge >= 0.3 is 5.97 Å². The Morgan fingerprint density at radius 1 is 0.952 bits per heavy atom. The molecule has 0 fully saturated rings. The van der Waals surface area contributed by atoms with Crippen LogP contribution in [0, 0.1) is 0 Å². The van der Waals surface area contributed by atoms with Gasteiger partial charge in [0.1, 0.15) is 0 Å². The first-order valence-corrected chi connectivity index (χ1v) is 6.32. The Kier molecular flexibility index (Phi) is 4.46. The second-order valence-electron chi connectivity index (χ2n) is 4.35. The number of benzene rings is 2. The smallest absolute Gasteiger partial charge is 0.336 e. The maximum absolute atomic E-state index is 11.9. The molecule has 0 spiro atoms. The molecule has 0 atom stereocenters. The van der Waals surface area contributed by atoms with Gasteiger partial charge in [-0.3, -0.25) is 4.79 Å². The van der Waals surface area contributed by atoms with E-state index >= 15 is 0 Å². The van der Waals surface area contributed by atoms with Crippen molar-refractivity contribution in [2.45, 2.75) is 6.92 Å². The van der Waals surface area contributed by atoms with Crippen molar-refractivity contribution in [3.63, 3.8) is 0 Å². The highest BCUT2D eigenvalue weighted by atomic mass is 16.4. The molecule has 0 heterocycles. The van der Waals surface area contributed by atoms with Crippen molar-refractivity contribution in [1.29, 1.82) is 0 Å². The SMILES string of the molecule is CC(=NNC(=O)c1ccccc1)c1ccccc1C(=O)O. The van der Waals surface area contributed by atoms with Crippen LogP contribution in [-0.4, -0.2) is 22.7 Å². The molecule has 0 unspecified atom stereocenters. The summed E-state index contributed by atoms with van der Waals surface area (Å²) < 4.78 is 0. The number of carbonyl (C=O) groups is 2. The number of carboxylic acid groups (broad SMARTS) is 1. The lowest BCUT2D eigenvalue weighted by molar-refractivity contribution is 0.0696. The fraction of sp³-hybridized carbons (Fsp3) is 0.0625. The number of carbonyl (C=O) groups excluding carboxylic acids is 1. The topological polar surface area (TPSA) is 78.8 Å². The Morgan fingerprint density at radius 2 is 1.52 bits per heavy atom. The molecule has 0 saturated heterocycles. The molecule has 1 amide bonds. The minimum absolute atomic E-state index is 0.146. The van der Waals surface area contributed by atoms with Crippen LogP contribution in [0.15, 0.2) is 59.7 Å². The molecule has 5 heteroatoms. The Hall–Kier alpha value is -2.95. The molecule has 0 aliphatic rings. The van der Waals surface area contributed by atoms with Crippen molar-refractivity contribution >= 4 is 17.6 Å². The highest BCUT2D eigenvalue weighted by Gasteiger charge is 2.11. The summed E-state index contributed by atoms with van der Waals surface area (Å²) in [5.74, 6) is -1.38. The zero-order valence-electron chi connectivity index (χ0n) is 11.4. The van der Waals surface area contributed by atoms with Gasteiger partial charge in [0.25, 0.3) is 5.91 Å². The van der Waals surface area contributed by atoms with Gasteiger partial charge in [0.15, 0.2) is 0 Å². The third kappa shape index (κ3) is 3.54. The standard InChI is InChI=1S/C16H14N2O3/c1-11(13-9-5-6-10-14(13)16(20)21)17-18-15(19)12-7-3-2-4-8-12/h2-10H,1H3,(H,18,19)(H,20,21). The number of nitrogens with one attached hydrogen (secondary N) is 1. The lowest BCUT2D eigenvalue weighted by Gasteiger charge is -2.06. The van der Waals surface area contributed by atoms with E-state index < -0.39 is 5.97 Å². The normalized spacial score (nSPS) is 11.0. The molecule has 2 rings (SSSR count). The molecule has 21 heavy (non-hydrogen) atoms. The van der Waals surface area contributed by atoms with Crippen LogP contribution in [0.3, 0.4) is 0 Å². The highest BCUT2D eigenvalue weighted by Crippen LogP contribution is 2.10. The summed E-state index contributed by atoms with van der Waals surface area (Å²) >= 11 is 0. The third-order valence-corrected chi connectivity index (χ3v) is 2.91. The minimum Gasteiger partial charge on any atom is -0.478 e. The van der Waals surface area contributed by atoms with E-state index in [-0.39, 0.29) is 11.5 Å². The lowest BCUT2D eigenvalue weighted by atomic mass is 10.0. The van der Waals surface area contributed by atoms with E-state index in [9.17, 15) is 9.59 Å². The van der Waals surface area contributed by atoms with E-state index in [1.165, 1.54) is 6.07 Å². The van der Waals surface area contributed by atoms with Crippen LogP contribution < -0.4 is 5.43 Å². The molecule has 0 aromatic heterocycles. The van der Waals surface area contributed by atoms with E-state index in [1.807, 2.05) is 6.07 Å². The van der Waals surface area contributed by atoms with Gasteiger partial charge in [-0.25, -0.2) is 10.2 Å². The molecular weight excluding hydrogens is 268 g/mol. The van der Waals surface area contributed by atoms with Gasteiger partial charge in [-0.1, -0.05) is 36.4 Å². The molecule has 2 aromatic rings. The summed E-state index contributed by atoms with van der Waals surface area (Å²) in [7, 11) is 0. The van der Waals surface area contributed by atoms with Crippen molar-refractivity contribution < 1.29 is 14.7 Å². The fourth-order valence-electron chi connectivity index (χ4n) is 1.83. The van der Waals surface area contributed by atoms with Crippen LogP contribution >= 0.6 is 0 Å². The van der Waals surface area contributed by atoms with Crippen molar-refractivity contribution in [2.75, 3.05) is 0 Å². The maximum Gasteiger partial charge on any atom is 0.336 e. The van der Waals surface area contributed by atoms with E-state index in [1.54, 1.807) is 49.4 Å². The van der Waals surface area contributed by atoms with Crippen LogP contribution in [0.25, 0.3) is 0 Å². The molecule has 0 saturated carbocycles. The van der Waals surface area contributed by atoms with Gasteiger partial charge < -0.3 is 5.11 Å². The zero-order chi connectivity index (χ0) is 15.2. The number of hydrazone groups is 1. The van der Waals surface area contributed by atoms with Crippen LogP contribution in [0.5, 0.6) is 0 Å². The Morgan fingerprint density at radius 3 is 2.14 bits per heavy atom. The van der Waals surface area contributed by atoms with Crippen LogP contribution in [0.4, 0.5) is 0 Å². The van der Waals surface area contributed by atoms with E-state index in [4.69, 9.17) is 5.11 Å². The Labute approximate surface area is 121 Å². The largest absolute Gasteiger partial charge is 0.478 e. The van der Waals surface area contributed by atoms with Crippen molar-refractivity contribution in [3.05, 3.63) is 71.3 Å². The third-order valence-electron chi connectivity index (χ3n) is 2.91. The molecule has 0 radical (unpaired) electrons. The second-order valence-corrected chi connectivity index (χ2v) is 4.35. The monoisotopic (exact) mass is 282 g/mol. The summed E-state index contributed by atoms with van der Waals surface area (Å²) in [5, 5.41) is 13.1. The molecule has 0 aliphatic heterocycles. The predicted molar refractivity (Wildman–Crippen MR) is 79.5 cm³/mol. The summed E-state index contributed by atoms with van der Waals surface area (Å²) in [5.41, 5.74) is 3.95. The summed E-state index contributed by atoms with van der Waals surface area (Å²) in [6, 6.07) is 15.2. The van der Waals surface area contributed by atoms with Gasteiger partial charge in [0.05, 0.1) is 11.3 Å². The van der Waals surface area contributed by atoms with Gasteiger partial charge in [-0.2, -0.15) is 5.10 Å². The molecule has 0 bridgehead atoms. The van der Waals surface area contributed by atoms with E-state index in [0.717, 1.165) is 0 Å². The average Bonchev–Trinajstić information content (AvgIpc) is 2.53. The first kappa shape index (κ1) is 14.5. The van der Waals surface area contributed by atoms with Gasteiger partial charge in [0.2, 0.25) is 0 Å². The highest BCUT2D eigenvalue weighted by molar-refractivity contribution is 6.08. The number of aromatic carboxylic acids is 1. The average molecular weight is 282 g/mol. The second kappa shape index (κ2) is 6.47. The quantitative estimate of drug-likeness (QED) is 0.668. The number of rotatable bonds is 4. The van der Waals surface area contributed by atoms with Crippen molar-refractivity contribution in [1.82, 2.24) is 5.43 Å². The molecular formula is C16H14N2O3. The first-order valence-electron chi connectivity index (χ1n) is 6.32. The van der Waals surface area contributed by atoms with Crippen LogP contribution in [0.1, 0.15) is 33.2 Å².